The lowest BCUT2D eigenvalue weighted by Crippen LogP contribution is -2.24. The van der Waals surface area contributed by atoms with Gasteiger partial charge in [0, 0.05) is 6.54 Å². The Kier molecular flexibility index (Phi) is 4.50. The van der Waals surface area contributed by atoms with Crippen molar-refractivity contribution >= 4 is 0 Å². The summed E-state index contributed by atoms with van der Waals surface area (Å²) in [7, 11) is 0. The molecule has 1 N–H and O–H groups in total. The van der Waals surface area contributed by atoms with Crippen LogP contribution in [0.4, 0.5) is 0 Å². The molecular weight excluding hydrogens is 142 g/mol. The Bertz CT molecular complexity index is 92.1. The van der Waals surface area contributed by atoms with Crippen LogP contribution in [0.1, 0.15) is 12.8 Å². The van der Waals surface area contributed by atoms with Crippen molar-refractivity contribution in [2.24, 2.45) is 0 Å². The molecule has 3 nitrogen and oxygen atoms in total. The first-order valence-electron chi connectivity index (χ1n) is 4.34. The Morgan fingerprint density at radius 2 is 1.91 bits per heavy atom. The minimum atomic E-state index is 0.139. The lowest BCUT2D eigenvalue weighted by Gasteiger charge is -2.13. The van der Waals surface area contributed by atoms with E-state index in [1.54, 1.807) is 0 Å². The van der Waals surface area contributed by atoms with Crippen LogP contribution in [0.2, 0.25) is 0 Å². The first kappa shape index (κ1) is 8.97. The van der Waals surface area contributed by atoms with Gasteiger partial charge in [-0.3, -0.25) is 0 Å². The molecule has 1 aliphatic heterocycles. The summed E-state index contributed by atoms with van der Waals surface area (Å²) in [4.78, 5) is 2.40. The molecule has 0 radical (unpaired) electrons. The molecule has 11 heavy (non-hydrogen) atoms. The van der Waals surface area contributed by atoms with E-state index in [1.807, 2.05) is 0 Å². The van der Waals surface area contributed by atoms with Crippen LogP contribution in [0.25, 0.3) is 0 Å². The van der Waals surface area contributed by atoms with E-state index in [1.165, 1.54) is 25.9 Å². The van der Waals surface area contributed by atoms with Gasteiger partial charge in [-0.15, -0.1) is 0 Å². The summed E-state index contributed by atoms with van der Waals surface area (Å²) >= 11 is 0. The van der Waals surface area contributed by atoms with Gasteiger partial charge >= 0.3 is 0 Å². The van der Waals surface area contributed by atoms with Crippen molar-refractivity contribution in [2.75, 3.05) is 39.5 Å². The molecule has 1 saturated heterocycles. The molecule has 0 spiro atoms. The van der Waals surface area contributed by atoms with Crippen molar-refractivity contribution in [1.82, 2.24) is 4.90 Å². The van der Waals surface area contributed by atoms with E-state index in [9.17, 15) is 0 Å². The van der Waals surface area contributed by atoms with Crippen LogP contribution in [0.15, 0.2) is 0 Å². The number of rotatable bonds is 5. The largest absolute Gasteiger partial charge is 0.394 e. The van der Waals surface area contributed by atoms with Gasteiger partial charge in [-0.1, -0.05) is 0 Å². The first-order valence-corrected chi connectivity index (χ1v) is 4.34. The van der Waals surface area contributed by atoms with Crippen LogP contribution in [0, 0.1) is 0 Å². The number of hydrogen-bond acceptors (Lipinski definition) is 3. The SMILES string of the molecule is OCCOCCN1CCCC1. The highest BCUT2D eigenvalue weighted by atomic mass is 16.5. The molecule has 1 heterocycles. The topological polar surface area (TPSA) is 32.7 Å². The van der Waals surface area contributed by atoms with Crippen molar-refractivity contribution in [3.63, 3.8) is 0 Å². The van der Waals surface area contributed by atoms with Crippen molar-refractivity contribution in [3.05, 3.63) is 0 Å². The minimum absolute atomic E-state index is 0.139. The third-order valence-electron chi connectivity index (χ3n) is 1.99. The molecule has 0 saturated carbocycles. The Hall–Kier alpha value is -0.120. The van der Waals surface area contributed by atoms with E-state index in [0.29, 0.717) is 6.61 Å². The summed E-state index contributed by atoms with van der Waals surface area (Å²) < 4.78 is 5.15. The molecule has 0 amide bonds. The summed E-state index contributed by atoms with van der Waals surface area (Å²) in [5.41, 5.74) is 0. The fourth-order valence-corrected chi connectivity index (χ4v) is 1.37. The Morgan fingerprint density at radius 1 is 1.18 bits per heavy atom. The smallest absolute Gasteiger partial charge is 0.0698 e. The van der Waals surface area contributed by atoms with Crippen LogP contribution in [0.5, 0.6) is 0 Å². The lowest BCUT2D eigenvalue weighted by atomic mass is 10.4. The van der Waals surface area contributed by atoms with Crippen molar-refractivity contribution in [3.8, 4) is 0 Å². The maximum absolute atomic E-state index is 8.42. The zero-order valence-electron chi connectivity index (χ0n) is 6.96. The van der Waals surface area contributed by atoms with Gasteiger partial charge in [-0.25, -0.2) is 0 Å². The van der Waals surface area contributed by atoms with Gasteiger partial charge < -0.3 is 14.7 Å². The molecule has 0 unspecified atom stereocenters. The Balaban J connectivity index is 1.86. The zero-order valence-corrected chi connectivity index (χ0v) is 6.96. The minimum Gasteiger partial charge on any atom is -0.394 e. The molecule has 0 atom stereocenters. The van der Waals surface area contributed by atoms with E-state index < -0.39 is 0 Å². The van der Waals surface area contributed by atoms with E-state index in [-0.39, 0.29) is 6.61 Å². The summed E-state index contributed by atoms with van der Waals surface area (Å²) in [5.74, 6) is 0. The average Bonchev–Trinajstić information content (AvgIpc) is 2.50. The van der Waals surface area contributed by atoms with Crippen LogP contribution < -0.4 is 0 Å². The quantitative estimate of drug-likeness (QED) is 0.577. The fourth-order valence-electron chi connectivity index (χ4n) is 1.37. The molecule has 0 aliphatic carbocycles. The normalized spacial score (nSPS) is 19.4. The number of aliphatic hydroxyl groups excluding tert-OH is 1. The summed E-state index contributed by atoms with van der Waals surface area (Å²) in [6.07, 6.45) is 2.67. The van der Waals surface area contributed by atoms with E-state index in [2.05, 4.69) is 4.90 Å². The molecule has 1 rings (SSSR count). The van der Waals surface area contributed by atoms with Gasteiger partial charge in [0.05, 0.1) is 19.8 Å². The molecule has 0 aromatic heterocycles. The number of nitrogens with zero attached hydrogens (tertiary/aromatic N) is 1. The number of likely N-dealkylation sites (tertiary alicyclic amines) is 1. The molecule has 1 fully saturated rings. The van der Waals surface area contributed by atoms with E-state index in [4.69, 9.17) is 9.84 Å². The van der Waals surface area contributed by atoms with Crippen LogP contribution in [-0.2, 0) is 4.74 Å². The van der Waals surface area contributed by atoms with E-state index >= 15 is 0 Å². The third-order valence-corrected chi connectivity index (χ3v) is 1.99. The molecule has 66 valence electrons. The van der Waals surface area contributed by atoms with Crippen LogP contribution in [0.3, 0.4) is 0 Å². The van der Waals surface area contributed by atoms with Gasteiger partial charge in [-0.2, -0.15) is 0 Å². The predicted molar refractivity (Wildman–Crippen MR) is 43.6 cm³/mol. The van der Waals surface area contributed by atoms with Crippen molar-refractivity contribution in [1.29, 1.82) is 0 Å². The van der Waals surface area contributed by atoms with Crippen LogP contribution in [-0.4, -0.2) is 49.5 Å². The maximum atomic E-state index is 8.42. The van der Waals surface area contributed by atoms with E-state index in [0.717, 1.165) is 13.2 Å². The second kappa shape index (κ2) is 5.52. The fraction of sp³-hybridized carbons (Fsp3) is 1.00. The third kappa shape index (κ3) is 3.70. The first-order chi connectivity index (χ1) is 5.43. The highest BCUT2D eigenvalue weighted by Crippen LogP contribution is 2.05. The highest BCUT2D eigenvalue weighted by molar-refractivity contribution is 4.64. The van der Waals surface area contributed by atoms with Gasteiger partial charge in [0.15, 0.2) is 0 Å². The van der Waals surface area contributed by atoms with Gasteiger partial charge in [0.1, 0.15) is 0 Å². The highest BCUT2D eigenvalue weighted by Gasteiger charge is 2.09. The number of aliphatic hydroxyl groups is 1. The van der Waals surface area contributed by atoms with Crippen molar-refractivity contribution < 1.29 is 9.84 Å². The molecular formula is C8H17NO2. The summed E-state index contributed by atoms with van der Waals surface area (Å²) in [5, 5.41) is 8.42. The second-order valence-electron chi connectivity index (χ2n) is 2.88. The standard InChI is InChI=1S/C8H17NO2/c10-6-8-11-7-5-9-3-1-2-4-9/h10H,1-8H2. The molecule has 0 aromatic rings. The van der Waals surface area contributed by atoms with Gasteiger partial charge in [-0.05, 0) is 25.9 Å². The monoisotopic (exact) mass is 159 g/mol. The lowest BCUT2D eigenvalue weighted by molar-refractivity contribution is 0.0781. The molecule has 0 bridgehead atoms. The van der Waals surface area contributed by atoms with Crippen molar-refractivity contribution in [2.45, 2.75) is 12.8 Å². The Labute approximate surface area is 68.0 Å². The van der Waals surface area contributed by atoms with Crippen LogP contribution >= 0.6 is 0 Å². The summed E-state index contributed by atoms with van der Waals surface area (Å²) in [6.45, 7) is 4.86. The average molecular weight is 159 g/mol. The predicted octanol–water partition coefficient (Wildman–Crippen LogP) is 0.0911. The molecule has 0 aromatic carbocycles. The van der Waals surface area contributed by atoms with Gasteiger partial charge in [0.25, 0.3) is 0 Å². The van der Waals surface area contributed by atoms with Gasteiger partial charge in [0.2, 0.25) is 0 Å². The molecule has 1 aliphatic rings. The number of ether oxygens (including phenoxy) is 1. The second-order valence-corrected chi connectivity index (χ2v) is 2.88. The number of hydrogen-bond donors (Lipinski definition) is 1. The maximum Gasteiger partial charge on any atom is 0.0698 e. The molecule has 3 heteroatoms. The summed E-state index contributed by atoms with van der Waals surface area (Å²) in [6, 6.07) is 0. The Morgan fingerprint density at radius 3 is 2.55 bits per heavy atom. The zero-order chi connectivity index (χ0) is 7.94.